The monoisotopic (exact) mass is 467 g/mol. The van der Waals surface area contributed by atoms with Gasteiger partial charge in [0.25, 0.3) is 11.8 Å². The largest absolute Gasteiger partial charge is 0.383 e. The van der Waals surface area contributed by atoms with Crippen LogP contribution in [-0.4, -0.2) is 46.3 Å². The standard InChI is InChI=1S/C26H25N7O2/c1-17(13-27)26(35)33-12-11-18(15-33)14-29-24-22(23(28)30-16-31-24)19-7-9-20(10-8-19)25(34)32-21-5-3-2-4-6-21/h2-10,16,18H,1,11-12,14-15H2,(H,32,34)(H3,28,29,30,31). The van der Waals surface area contributed by atoms with Crippen LogP contribution < -0.4 is 16.4 Å². The number of nitrogens with zero attached hydrogens (tertiary/aromatic N) is 4. The number of nitrogens with two attached hydrogens (primary N) is 1. The molecular formula is C26H25N7O2. The number of hydrogen-bond acceptors (Lipinski definition) is 7. The zero-order valence-corrected chi connectivity index (χ0v) is 19.1. The second kappa shape index (κ2) is 10.5. The number of likely N-dealkylation sites (tertiary alicyclic amines) is 1. The summed E-state index contributed by atoms with van der Waals surface area (Å²) in [5, 5.41) is 15.1. The maximum absolute atomic E-state index is 12.6. The van der Waals surface area contributed by atoms with E-state index in [0.717, 1.165) is 17.7 Å². The number of para-hydroxylation sites is 1. The number of rotatable bonds is 7. The summed E-state index contributed by atoms with van der Waals surface area (Å²) in [4.78, 5) is 34.9. The lowest BCUT2D eigenvalue weighted by Crippen LogP contribution is -2.30. The highest BCUT2D eigenvalue weighted by Gasteiger charge is 2.27. The zero-order valence-electron chi connectivity index (χ0n) is 19.1. The van der Waals surface area contributed by atoms with Gasteiger partial charge in [-0.05, 0) is 42.2 Å². The molecule has 2 aromatic carbocycles. The second-order valence-corrected chi connectivity index (χ2v) is 8.26. The molecule has 1 fully saturated rings. The first-order chi connectivity index (χ1) is 17.0. The van der Waals surface area contributed by atoms with Crippen LogP contribution in [0.25, 0.3) is 11.1 Å². The number of amides is 2. The van der Waals surface area contributed by atoms with E-state index in [2.05, 4.69) is 27.2 Å². The van der Waals surface area contributed by atoms with E-state index in [-0.39, 0.29) is 23.3 Å². The van der Waals surface area contributed by atoms with E-state index in [1.54, 1.807) is 17.0 Å². The Balaban J connectivity index is 1.44. The van der Waals surface area contributed by atoms with Crippen molar-refractivity contribution in [3.05, 3.63) is 78.6 Å². The highest BCUT2D eigenvalue weighted by atomic mass is 16.2. The Morgan fingerprint density at radius 2 is 1.89 bits per heavy atom. The number of benzene rings is 2. The van der Waals surface area contributed by atoms with Crippen molar-refractivity contribution in [1.29, 1.82) is 5.26 Å². The van der Waals surface area contributed by atoms with E-state index in [9.17, 15) is 9.59 Å². The average molecular weight is 468 g/mol. The molecule has 9 heteroatoms. The van der Waals surface area contributed by atoms with E-state index < -0.39 is 0 Å². The fraction of sp³-hybridized carbons (Fsp3) is 0.192. The molecule has 176 valence electrons. The smallest absolute Gasteiger partial charge is 0.263 e. The lowest BCUT2D eigenvalue weighted by Gasteiger charge is -2.17. The van der Waals surface area contributed by atoms with Crippen LogP contribution in [0.1, 0.15) is 16.8 Å². The minimum absolute atomic E-state index is 0.0506. The molecule has 1 atom stereocenters. The molecule has 1 saturated heterocycles. The Kier molecular flexibility index (Phi) is 7.02. The summed E-state index contributed by atoms with van der Waals surface area (Å²) >= 11 is 0. The molecule has 0 spiro atoms. The molecule has 1 aromatic heterocycles. The Morgan fingerprint density at radius 3 is 2.60 bits per heavy atom. The molecule has 3 aromatic rings. The quantitative estimate of drug-likeness (QED) is 0.358. The first-order valence-corrected chi connectivity index (χ1v) is 11.2. The summed E-state index contributed by atoms with van der Waals surface area (Å²) in [7, 11) is 0. The van der Waals surface area contributed by atoms with E-state index in [1.807, 2.05) is 48.5 Å². The average Bonchev–Trinajstić information content (AvgIpc) is 3.36. The summed E-state index contributed by atoms with van der Waals surface area (Å²) in [6.07, 6.45) is 2.20. The normalized spacial score (nSPS) is 14.7. The Bertz CT molecular complexity index is 1280. The summed E-state index contributed by atoms with van der Waals surface area (Å²) < 4.78 is 0. The van der Waals surface area contributed by atoms with Crippen molar-refractivity contribution in [1.82, 2.24) is 14.9 Å². The van der Waals surface area contributed by atoms with Gasteiger partial charge in [-0.25, -0.2) is 9.97 Å². The first-order valence-electron chi connectivity index (χ1n) is 11.2. The van der Waals surface area contributed by atoms with Crippen LogP contribution in [0.2, 0.25) is 0 Å². The van der Waals surface area contributed by atoms with Crippen molar-refractivity contribution < 1.29 is 9.59 Å². The molecule has 1 aliphatic rings. The van der Waals surface area contributed by atoms with Crippen LogP contribution >= 0.6 is 0 Å². The predicted octanol–water partition coefficient (Wildman–Crippen LogP) is 3.32. The van der Waals surface area contributed by atoms with Gasteiger partial charge in [-0.1, -0.05) is 36.9 Å². The fourth-order valence-corrected chi connectivity index (χ4v) is 3.99. The SMILES string of the molecule is C=C(C#N)C(=O)N1CCC(CNc2ncnc(N)c2-c2ccc(C(=O)Nc3ccccc3)cc2)C1. The summed E-state index contributed by atoms with van der Waals surface area (Å²) in [6, 6.07) is 18.1. The van der Waals surface area contributed by atoms with Crippen molar-refractivity contribution in [3.63, 3.8) is 0 Å². The lowest BCUT2D eigenvalue weighted by atomic mass is 10.0. The Morgan fingerprint density at radius 1 is 1.14 bits per heavy atom. The molecule has 4 rings (SSSR count). The third kappa shape index (κ3) is 5.45. The summed E-state index contributed by atoms with van der Waals surface area (Å²) in [5.41, 5.74) is 8.78. The van der Waals surface area contributed by atoms with Crippen molar-refractivity contribution in [2.75, 3.05) is 36.0 Å². The summed E-state index contributed by atoms with van der Waals surface area (Å²) in [6.45, 7) is 5.19. The molecule has 0 bridgehead atoms. The molecule has 0 aliphatic carbocycles. The van der Waals surface area contributed by atoms with E-state index in [0.29, 0.717) is 42.4 Å². The van der Waals surface area contributed by atoms with Crippen LogP contribution in [-0.2, 0) is 4.79 Å². The molecular weight excluding hydrogens is 442 g/mol. The molecule has 1 aliphatic heterocycles. The number of anilines is 3. The molecule has 0 radical (unpaired) electrons. The predicted molar refractivity (Wildman–Crippen MR) is 134 cm³/mol. The second-order valence-electron chi connectivity index (χ2n) is 8.26. The van der Waals surface area contributed by atoms with E-state index in [4.69, 9.17) is 11.0 Å². The molecule has 1 unspecified atom stereocenters. The van der Waals surface area contributed by atoms with Gasteiger partial charge in [0, 0.05) is 30.9 Å². The van der Waals surface area contributed by atoms with Gasteiger partial charge in [-0.3, -0.25) is 9.59 Å². The maximum Gasteiger partial charge on any atom is 0.263 e. The van der Waals surface area contributed by atoms with E-state index in [1.165, 1.54) is 6.33 Å². The van der Waals surface area contributed by atoms with Crippen LogP contribution in [0.5, 0.6) is 0 Å². The number of carbonyl (C=O) groups is 2. The highest BCUT2D eigenvalue weighted by molar-refractivity contribution is 6.04. The van der Waals surface area contributed by atoms with Crippen molar-refractivity contribution in [3.8, 4) is 17.2 Å². The minimum atomic E-state index is -0.321. The van der Waals surface area contributed by atoms with Crippen molar-refractivity contribution >= 4 is 29.1 Å². The lowest BCUT2D eigenvalue weighted by molar-refractivity contribution is -0.125. The van der Waals surface area contributed by atoms with Crippen LogP contribution in [0.3, 0.4) is 0 Å². The summed E-state index contributed by atoms with van der Waals surface area (Å²) in [5.74, 6) is 0.553. The van der Waals surface area contributed by atoms with Crippen molar-refractivity contribution in [2.24, 2.45) is 5.92 Å². The number of nitrogen functional groups attached to an aromatic ring is 1. The number of carbonyl (C=O) groups excluding carboxylic acids is 2. The number of hydrogen-bond donors (Lipinski definition) is 3. The van der Waals surface area contributed by atoms with Crippen molar-refractivity contribution in [2.45, 2.75) is 6.42 Å². The van der Waals surface area contributed by atoms with Gasteiger partial charge < -0.3 is 21.3 Å². The fourth-order valence-electron chi connectivity index (χ4n) is 3.99. The molecule has 9 nitrogen and oxygen atoms in total. The zero-order chi connectivity index (χ0) is 24.8. The third-order valence-electron chi connectivity index (χ3n) is 5.87. The van der Waals surface area contributed by atoms with Gasteiger partial charge in [0.15, 0.2) is 0 Å². The first kappa shape index (κ1) is 23.4. The van der Waals surface area contributed by atoms with Crippen LogP contribution in [0, 0.1) is 17.2 Å². The number of nitrogens with one attached hydrogen (secondary N) is 2. The topological polar surface area (TPSA) is 137 Å². The molecule has 35 heavy (non-hydrogen) atoms. The molecule has 2 amide bonds. The van der Waals surface area contributed by atoms with Gasteiger partial charge in [0.2, 0.25) is 0 Å². The molecule has 2 heterocycles. The Labute approximate surface area is 203 Å². The van der Waals surface area contributed by atoms with Gasteiger partial charge in [-0.15, -0.1) is 0 Å². The highest BCUT2D eigenvalue weighted by Crippen LogP contribution is 2.31. The molecule has 0 saturated carbocycles. The molecule has 4 N–H and O–H groups in total. The van der Waals surface area contributed by atoms with E-state index >= 15 is 0 Å². The van der Waals surface area contributed by atoms with Gasteiger partial charge in [-0.2, -0.15) is 5.26 Å². The maximum atomic E-state index is 12.6. The van der Waals surface area contributed by atoms with Crippen LogP contribution in [0.15, 0.2) is 73.1 Å². The van der Waals surface area contributed by atoms with Gasteiger partial charge in [0.1, 0.15) is 29.6 Å². The van der Waals surface area contributed by atoms with Crippen LogP contribution in [0.4, 0.5) is 17.3 Å². The number of nitriles is 1. The Hall–Kier alpha value is -4.71. The number of aromatic nitrogens is 2. The van der Waals surface area contributed by atoms with Gasteiger partial charge in [0.05, 0.1) is 5.56 Å². The van der Waals surface area contributed by atoms with Gasteiger partial charge >= 0.3 is 0 Å². The third-order valence-corrected chi connectivity index (χ3v) is 5.87. The minimum Gasteiger partial charge on any atom is -0.383 e.